The van der Waals surface area contributed by atoms with Crippen molar-refractivity contribution < 1.29 is 0 Å². The number of rotatable bonds is 4. The maximum Gasteiger partial charge on any atom is 0.0589 e. The summed E-state index contributed by atoms with van der Waals surface area (Å²) in [6.07, 6.45) is 1.05. The lowest BCUT2D eigenvalue weighted by atomic mass is 9.96. The molecule has 0 spiro atoms. The van der Waals surface area contributed by atoms with Gasteiger partial charge in [0.05, 0.1) is 6.04 Å². The predicted molar refractivity (Wildman–Crippen MR) is 82.9 cm³/mol. The Morgan fingerprint density at radius 2 is 1.95 bits per heavy atom. The summed E-state index contributed by atoms with van der Waals surface area (Å²) in [5, 5.41) is 4.18. The minimum atomic E-state index is 0.139. The number of benzene rings is 2. The zero-order chi connectivity index (χ0) is 13.8. The molecule has 0 aliphatic heterocycles. The Morgan fingerprint density at radius 1 is 1.16 bits per heavy atom. The molecule has 0 saturated heterocycles. The van der Waals surface area contributed by atoms with Crippen LogP contribution in [0.1, 0.15) is 35.2 Å². The van der Waals surface area contributed by atoms with Crippen LogP contribution in [0, 0.1) is 6.92 Å². The first-order valence-electron chi connectivity index (χ1n) is 6.68. The van der Waals surface area contributed by atoms with E-state index in [1.54, 1.807) is 0 Å². The van der Waals surface area contributed by atoms with Crippen molar-refractivity contribution in [2.24, 2.45) is 0 Å². The van der Waals surface area contributed by atoms with Gasteiger partial charge >= 0.3 is 0 Å². The Morgan fingerprint density at radius 3 is 2.58 bits per heavy atom. The molecule has 1 unspecified atom stereocenters. The van der Waals surface area contributed by atoms with Crippen LogP contribution in [0.4, 0.5) is 0 Å². The van der Waals surface area contributed by atoms with Gasteiger partial charge < -0.3 is 5.32 Å². The Balaban J connectivity index is 2.43. The van der Waals surface area contributed by atoms with Crippen LogP contribution >= 0.6 is 11.6 Å². The van der Waals surface area contributed by atoms with Crippen molar-refractivity contribution in [3.8, 4) is 0 Å². The molecule has 1 N–H and O–H groups in total. The zero-order valence-corrected chi connectivity index (χ0v) is 12.5. The van der Waals surface area contributed by atoms with Crippen molar-refractivity contribution in [1.82, 2.24) is 5.32 Å². The zero-order valence-electron chi connectivity index (χ0n) is 11.7. The van der Waals surface area contributed by atoms with Crippen LogP contribution in [0.3, 0.4) is 0 Å². The van der Waals surface area contributed by atoms with Crippen molar-refractivity contribution in [3.63, 3.8) is 0 Å². The molecule has 0 heterocycles. The van der Waals surface area contributed by atoms with Gasteiger partial charge in [-0.15, -0.1) is 0 Å². The molecule has 0 saturated carbocycles. The van der Waals surface area contributed by atoms with E-state index in [0.717, 1.165) is 17.0 Å². The monoisotopic (exact) mass is 273 g/mol. The second kappa shape index (κ2) is 6.23. The molecule has 2 heteroatoms. The van der Waals surface area contributed by atoms with Crippen LogP contribution in [0.15, 0.2) is 42.5 Å². The third-order valence-electron chi connectivity index (χ3n) is 3.45. The largest absolute Gasteiger partial charge is 0.309 e. The average Bonchev–Trinajstić information content (AvgIpc) is 2.42. The van der Waals surface area contributed by atoms with Crippen LogP contribution in [0.25, 0.3) is 0 Å². The van der Waals surface area contributed by atoms with E-state index < -0.39 is 0 Å². The fourth-order valence-electron chi connectivity index (χ4n) is 2.36. The number of halogens is 1. The van der Waals surface area contributed by atoms with E-state index in [-0.39, 0.29) is 6.04 Å². The van der Waals surface area contributed by atoms with Gasteiger partial charge in [0.1, 0.15) is 0 Å². The first kappa shape index (κ1) is 14.1. The molecular weight excluding hydrogens is 254 g/mol. The van der Waals surface area contributed by atoms with Crippen molar-refractivity contribution in [1.29, 1.82) is 0 Å². The van der Waals surface area contributed by atoms with Crippen LogP contribution in [-0.4, -0.2) is 7.05 Å². The summed E-state index contributed by atoms with van der Waals surface area (Å²) in [5.74, 6) is 0. The van der Waals surface area contributed by atoms with E-state index in [1.165, 1.54) is 16.7 Å². The average molecular weight is 274 g/mol. The quantitative estimate of drug-likeness (QED) is 0.864. The summed E-state index contributed by atoms with van der Waals surface area (Å²) in [6, 6.07) is 15.0. The molecule has 1 atom stereocenters. The fraction of sp³-hybridized carbons (Fsp3) is 0.294. The fourth-order valence-corrected chi connectivity index (χ4v) is 2.70. The first-order chi connectivity index (χ1) is 9.15. The van der Waals surface area contributed by atoms with Gasteiger partial charge in [-0.25, -0.2) is 0 Å². The third kappa shape index (κ3) is 3.17. The van der Waals surface area contributed by atoms with E-state index in [4.69, 9.17) is 11.6 Å². The predicted octanol–water partition coefficient (Wildman–Crippen LogP) is 4.52. The molecule has 100 valence electrons. The third-order valence-corrected chi connectivity index (χ3v) is 3.78. The summed E-state index contributed by atoms with van der Waals surface area (Å²) in [5.41, 5.74) is 4.92. The van der Waals surface area contributed by atoms with E-state index in [9.17, 15) is 0 Å². The van der Waals surface area contributed by atoms with Gasteiger partial charge in [0.2, 0.25) is 0 Å². The van der Waals surface area contributed by atoms with E-state index in [0.29, 0.717) is 0 Å². The van der Waals surface area contributed by atoms with Crippen LogP contribution in [-0.2, 0) is 6.42 Å². The molecule has 0 aliphatic rings. The molecule has 0 radical (unpaired) electrons. The Labute approximate surface area is 120 Å². The van der Waals surface area contributed by atoms with Crippen molar-refractivity contribution in [2.45, 2.75) is 26.3 Å². The van der Waals surface area contributed by atoms with E-state index in [2.05, 4.69) is 55.6 Å². The van der Waals surface area contributed by atoms with Gasteiger partial charge in [-0.3, -0.25) is 0 Å². The Bertz CT molecular complexity index is 563. The lowest BCUT2D eigenvalue weighted by Gasteiger charge is -2.19. The Kier molecular flexibility index (Phi) is 4.62. The van der Waals surface area contributed by atoms with Gasteiger partial charge in [0, 0.05) is 5.02 Å². The summed E-state index contributed by atoms with van der Waals surface area (Å²) in [7, 11) is 1.97. The van der Waals surface area contributed by atoms with Gasteiger partial charge in [-0.1, -0.05) is 54.9 Å². The molecule has 0 aliphatic carbocycles. The molecule has 0 aromatic heterocycles. The highest BCUT2D eigenvalue weighted by molar-refractivity contribution is 6.31. The highest BCUT2D eigenvalue weighted by atomic mass is 35.5. The maximum atomic E-state index is 6.39. The van der Waals surface area contributed by atoms with Crippen molar-refractivity contribution in [3.05, 3.63) is 69.7 Å². The molecule has 0 bridgehead atoms. The second-order valence-electron chi connectivity index (χ2n) is 4.85. The molecule has 19 heavy (non-hydrogen) atoms. The van der Waals surface area contributed by atoms with E-state index >= 15 is 0 Å². The summed E-state index contributed by atoms with van der Waals surface area (Å²) in [6.45, 7) is 4.23. The van der Waals surface area contributed by atoms with Gasteiger partial charge in [-0.05, 0) is 48.7 Å². The highest BCUT2D eigenvalue weighted by Crippen LogP contribution is 2.29. The topological polar surface area (TPSA) is 12.0 Å². The molecule has 2 aromatic carbocycles. The highest BCUT2D eigenvalue weighted by Gasteiger charge is 2.15. The minimum absolute atomic E-state index is 0.139. The lowest BCUT2D eigenvalue weighted by molar-refractivity contribution is 0.691. The summed E-state index contributed by atoms with van der Waals surface area (Å²) >= 11 is 6.39. The molecule has 0 amide bonds. The summed E-state index contributed by atoms with van der Waals surface area (Å²) < 4.78 is 0. The van der Waals surface area contributed by atoms with Gasteiger partial charge in [-0.2, -0.15) is 0 Å². The maximum absolute atomic E-state index is 6.39. The molecule has 0 fully saturated rings. The summed E-state index contributed by atoms with van der Waals surface area (Å²) in [4.78, 5) is 0. The van der Waals surface area contributed by atoms with E-state index in [1.807, 2.05) is 13.1 Å². The SMILES string of the molecule is CCc1cccc(C(NC)c2ccc(C)cc2Cl)c1. The molecule has 1 nitrogen and oxygen atoms in total. The molecule has 2 rings (SSSR count). The second-order valence-corrected chi connectivity index (χ2v) is 5.25. The molecule has 2 aromatic rings. The smallest absolute Gasteiger partial charge is 0.0589 e. The number of nitrogens with one attached hydrogen (secondary N) is 1. The van der Waals surface area contributed by atoms with Crippen LogP contribution in [0.5, 0.6) is 0 Å². The number of hydrogen-bond acceptors (Lipinski definition) is 1. The van der Waals surface area contributed by atoms with Crippen LogP contribution < -0.4 is 5.32 Å². The molecular formula is C17H20ClN. The normalized spacial score (nSPS) is 12.4. The van der Waals surface area contributed by atoms with Crippen molar-refractivity contribution >= 4 is 11.6 Å². The number of hydrogen-bond donors (Lipinski definition) is 1. The minimum Gasteiger partial charge on any atom is -0.309 e. The van der Waals surface area contributed by atoms with Crippen molar-refractivity contribution in [2.75, 3.05) is 7.05 Å². The lowest BCUT2D eigenvalue weighted by Crippen LogP contribution is -2.18. The first-order valence-corrected chi connectivity index (χ1v) is 7.05. The van der Waals surface area contributed by atoms with Crippen LogP contribution in [0.2, 0.25) is 5.02 Å². The van der Waals surface area contributed by atoms with Gasteiger partial charge in [0.15, 0.2) is 0 Å². The van der Waals surface area contributed by atoms with Gasteiger partial charge in [0.25, 0.3) is 0 Å². The Hall–Kier alpha value is -1.31. The number of aryl methyl sites for hydroxylation is 2. The standard InChI is InChI=1S/C17H20ClN/c1-4-13-6-5-7-14(11-13)17(19-3)15-9-8-12(2)10-16(15)18/h5-11,17,19H,4H2,1-3H3.